The lowest BCUT2D eigenvalue weighted by molar-refractivity contribution is 0.664. The third kappa shape index (κ3) is 2.57. The van der Waals surface area contributed by atoms with Gasteiger partial charge in [0.1, 0.15) is 5.82 Å². The van der Waals surface area contributed by atoms with E-state index in [-0.39, 0.29) is 0 Å². The molecule has 7 heteroatoms. The molecule has 0 amide bonds. The van der Waals surface area contributed by atoms with Crippen LogP contribution < -0.4 is 4.90 Å². The molecule has 5 rings (SSSR count). The van der Waals surface area contributed by atoms with Gasteiger partial charge in [-0.25, -0.2) is 14.6 Å². The summed E-state index contributed by atoms with van der Waals surface area (Å²) in [4.78, 5) is 15.8. The van der Waals surface area contributed by atoms with E-state index < -0.39 is 0 Å². The van der Waals surface area contributed by atoms with Crippen molar-refractivity contribution in [2.24, 2.45) is 0 Å². The molecule has 0 saturated carbocycles. The summed E-state index contributed by atoms with van der Waals surface area (Å²) >= 11 is 0. The Kier molecular flexibility index (Phi) is 3.29. The molecule has 1 fully saturated rings. The molecule has 1 aliphatic heterocycles. The van der Waals surface area contributed by atoms with Crippen molar-refractivity contribution in [2.75, 3.05) is 18.0 Å². The van der Waals surface area contributed by atoms with Gasteiger partial charge in [-0.15, -0.1) is 5.10 Å². The Bertz CT molecular complexity index is 1050. The first-order valence-corrected chi connectivity index (χ1v) is 8.52. The zero-order chi connectivity index (χ0) is 16.6. The average Bonchev–Trinajstić information content (AvgIpc) is 3.32. The van der Waals surface area contributed by atoms with Gasteiger partial charge in [-0.3, -0.25) is 4.98 Å². The first-order valence-electron chi connectivity index (χ1n) is 8.52. The van der Waals surface area contributed by atoms with Crippen molar-refractivity contribution < 1.29 is 0 Å². The second-order valence-electron chi connectivity index (χ2n) is 6.35. The topological polar surface area (TPSA) is 72.6 Å². The number of nitrogens with zero attached hydrogens (tertiary/aromatic N) is 7. The Labute approximate surface area is 144 Å². The van der Waals surface area contributed by atoms with E-state index in [0.717, 1.165) is 41.0 Å². The van der Waals surface area contributed by atoms with Gasteiger partial charge in [-0.2, -0.15) is 0 Å². The van der Waals surface area contributed by atoms with Gasteiger partial charge in [0.25, 0.3) is 0 Å². The Hall–Kier alpha value is -3.09. The second-order valence-corrected chi connectivity index (χ2v) is 6.35. The maximum absolute atomic E-state index is 4.76. The molecule has 25 heavy (non-hydrogen) atoms. The molecule has 0 aliphatic carbocycles. The van der Waals surface area contributed by atoms with Crippen molar-refractivity contribution in [1.29, 1.82) is 0 Å². The molecule has 4 aromatic rings. The summed E-state index contributed by atoms with van der Waals surface area (Å²) in [7, 11) is 0. The Morgan fingerprint density at radius 1 is 1.04 bits per heavy atom. The minimum Gasteiger partial charge on any atom is -0.355 e. The summed E-state index contributed by atoms with van der Waals surface area (Å²) in [6.45, 7) is 2.69. The van der Waals surface area contributed by atoms with Gasteiger partial charge in [-0.05, 0) is 36.6 Å². The van der Waals surface area contributed by atoms with E-state index in [0.29, 0.717) is 12.2 Å². The minimum absolute atomic E-state index is 0.588. The highest BCUT2D eigenvalue weighted by molar-refractivity contribution is 5.79. The predicted molar refractivity (Wildman–Crippen MR) is 95.4 cm³/mol. The first-order chi connectivity index (χ1) is 12.4. The fraction of sp³-hybridized carbons (Fsp3) is 0.278. The van der Waals surface area contributed by atoms with Crippen LogP contribution >= 0.6 is 0 Å². The molecular formula is C18H17N7. The maximum Gasteiger partial charge on any atom is 0.221 e. The monoisotopic (exact) mass is 331 g/mol. The van der Waals surface area contributed by atoms with Gasteiger partial charge < -0.3 is 4.90 Å². The van der Waals surface area contributed by atoms with Gasteiger partial charge in [0.05, 0.1) is 18.3 Å². The van der Waals surface area contributed by atoms with Crippen LogP contribution in [0.25, 0.3) is 22.2 Å². The van der Waals surface area contributed by atoms with E-state index in [1.165, 1.54) is 12.8 Å². The fourth-order valence-corrected chi connectivity index (χ4v) is 3.35. The lowest BCUT2D eigenvalue weighted by atomic mass is 10.1. The molecule has 0 N–H and O–H groups in total. The molecule has 1 aliphatic rings. The highest BCUT2D eigenvalue weighted by atomic mass is 15.5. The number of pyridine rings is 1. The van der Waals surface area contributed by atoms with Crippen LogP contribution in [0.2, 0.25) is 0 Å². The van der Waals surface area contributed by atoms with Crippen molar-refractivity contribution in [2.45, 2.75) is 19.4 Å². The lowest BCUT2D eigenvalue weighted by Crippen LogP contribution is -2.19. The molecule has 7 nitrogen and oxygen atoms in total. The minimum atomic E-state index is 0.588. The molecule has 0 radical (unpaired) electrons. The number of benzene rings is 1. The van der Waals surface area contributed by atoms with Crippen molar-refractivity contribution in [3.8, 4) is 0 Å². The van der Waals surface area contributed by atoms with Crippen molar-refractivity contribution in [3.05, 3.63) is 48.3 Å². The molecule has 1 saturated heterocycles. The summed E-state index contributed by atoms with van der Waals surface area (Å²) in [5.74, 6) is 0.913. The number of hydrogen-bond donors (Lipinski definition) is 0. The van der Waals surface area contributed by atoms with Crippen molar-refractivity contribution >= 4 is 28.0 Å². The van der Waals surface area contributed by atoms with Crippen molar-refractivity contribution in [3.63, 3.8) is 0 Å². The van der Waals surface area contributed by atoms with Gasteiger partial charge in [-0.1, -0.05) is 17.3 Å². The number of aromatic nitrogens is 6. The molecule has 4 heterocycles. The number of hydrogen-bond acceptors (Lipinski definition) is 6. The summed E-state index contributed by atoms with van der Waals surface area (Å²) in [6, 6.07) is 10.3. The second kappa shape index (κ2) is 5.77. The van der Waals surface area contributed by atoms with Crippen LogP contribution in [0.4, 0.5) is 5.82 Å². The number of rotatable bonds is 3. The van der Waals surface area contributed by atoms with E-state index >= 15 is 0 Å². The lowest BCUT2D eigenvalue weighted by Gasteiger charge is -2.15. The average molecular weight is 331 g/mol. The summed E-state index contributed by atoms with van der Waals surface area (Å²) < 4.78 is 1.82. The molecule has 0 bridgehead atoms. The van der Waals surface area contributed by atoms with Crippen molar-refractivity contribution in [1.82, 2.24) is 29.9 Å². The highest BCUT2D eigenvalue weighted by Gasteiger charge is 2.16. The highest BCUT2D eigenvalue weighted by Crippen LogP contribution is 2.20. The molecule has 0 spiro atoms. The normalized spacial score (nSPS) is 14.6. The maximum atomic E-state index is 4.76. The fourth-order valence-electron chi connectivity index (χ4n) is 3.35. The molecule has 0 atom stereocenters. The van der Waals surface area contributed by atoms with Crippen LogP contribution in [-0.4, -0.2) is 43.0 Å². The van der Waals surface area contributed by atoms with E-state index in [1.54, 1.807) is 6.20 Å². The number of fused-ring (bicyclic) bond motifs is 2. The van der Waals surface area contributed by atoms with Crippen LogP contribution in [-0.2, 0) is 6.54 Å². The summed E-state index contributed by atoms with van der Waals surface area (Å²) in [6.07, 6.45) is 6.03. The van der Waals surface area contributed by atoms with Crippen LogP contribution in [0.3, 0.4) is 0 Å². The zero-order valence-corrected chi connectivity index (χ0v) is 13.7. The first kappa shape index (κ1) is 14.3. The Balaban J connectivity index is 1.51. The van der Waals surface area contributed by atoms with Crippen LogP contribution in [0, 0.1) is 0 Å². The quantitative estimate of drug-likeness (QED) is 0.574. The Morgan fingerprint density at radius 2 is 1.96 bits per heavy atom. The third-order valence-corrected chi connectivity index (χ3v) is 4.64. The molecular weight excluding hydrogens is 314 g/mol. The Morgan fingerprint density at radius 3 is 2.88 bits per heavy atom. The van der Waals surface area contributed by atoms with Crippen LogP contribution in [0.5, 0.6) is 0 Å². The smallest absolute Gasteiger partial charge is 0.221 e. The molecule has 124 valence electrons. The summed E-state index contributed by atoms with van der Waals surface area (Å²) in [5, 5.41) is 9.52. The van der Waals surface area contributed by atoms with E-state index in [9.17, 15) is 0 Å². The SMILES string of the molecule is c1cnc2ccc(Cn3nnc4ncc(N5CCCC5)nc43)cc2c1. The van der Waals surface area contributed by atoms with Gasteiger partial charge in [0.15, 0.2) is 5.65 Å². The standard InChI is InChI=1S/C18H17N7/c1-2-9-24(8-1)16-11-20-17-18(21-16)25(23-22-17)12-13-5-6-15-14(10-13)4-3-7-19-15/h3-7,10-11H,1-2,8-9,12H2. The third-order valence-electron chi connectivity index (χ3n) is 4.64. The largest absolute Gasteiger partial charge is 0.355 e. The van der Waals surface area contributed by atoms with Gasteiger partial charge in [0, 0.05) is 24.7 Å². The van der Waals surface area contributed by atoms with Crippen LogP contribution in [0.1, 0.15) is 18.4 Å². The number of anilines is 1. The molecule has 0 unspecified atom stereocenters. The van der Waals surface area contributed by atoms with E-state index in [2.05, 4.69) is 43.4 Å². The predicted octanol–water partition coefficient (Wildman–Crippen LogP) is 2.42. The summed E-state index contributed by atoms with van der Waals surface area (Å²) in [5.41, 5.74) is 3.45. The van der Waals surface area contributed by atoms with Gasteiger partial charge >= 0.3 is 0 Å². The van der Waals surface area contributed by atoms with Gasteiger partial charge in [0.2, 0.25) is 5.65 Å². The molecule has 3 aromatic heterocycles. The van der Waals surface area contributed by atoms with Crippen LogP contribution in [0.15, 0.2) is 42.7 Å². The molecule has 1 aromatic carbocycles. The van der Waals surface area contributed by atoms with E-state index in [4.69, 9.17) is 4.98 Å². The zero-order valence-electron chi connectivity index (χ0n) is 13.7. The van der Waals surface area contributed by atoms with E-state index in [1.807, 2.05) is 23.0 Å².